The molecule has 0 radical (unpaired) electrons. The number of barbiturate groups is 1. The first-order valence-corrected chi connectivity index (χ1v) is 11.2. The fraction of sp³-hybridized carbons (Fsp3) is 0.0741. The maximum atomic E-state index is 13.3. The van der Waals surface area contributed by atoms with Crippen LogP contribution in [0.4, 0.5) is 10.5 Å². The van der Waals surface area contributed by atoms with Crippen LogP contribution in [-0.4, -0.2) is 29.5 Å². The van der Waals surface area contributed by atoms with Gasteiger partial charge in [0.05, 0.1) is 17.8 Å². The van der Waals surface area contributed by atoms with Crippen molar-refractivity contribution in [3.05, 3.63) is 101 Å². The molecule has 0 spiro atoms. The lowest BCUT2D eigenvalue weighted by Crippen LogP contribution is -2.54. The van der Waals surface area contributed by atoms with E-state index in [2.05, 4.69) is 9.88 Å². The van der Waals surface area contributed by atoms with E-state index in [9.17, 15) is 14.4 Å². The van der Waals surface area contributed by atoms with E-state index in [0.29, 0.717) is 17.9 Å². The van der Waals surface area contributed by atoms with Crippen LogP contribution < -0.4 is 15.0 Å². The Kier molecular flexibility index (Phi) is 5.84. The zero-order chi connectivity index (χ0) is 24.5. The Labute approximate surface area is 206 Å². The molecule has 35 heavy (non-hydrogen) atoms. The van der Waals surface area contributed by atoms with Gasteiger partial charge in [0.1, 0.15) is 11.3 Å². The van der Waals surface area contributed by atoms with Crippen LogP contribution in [0.5, 0.6) is 5.75 Å². The number of imide groups is 2. The van der Waals surface area contributed by atoms with Gasteiger partial charge in [0.15, 0.2) is 0 Å². The molecule has 1 N–H and O–H groups in total. The maximum Gasteiger partial charge on any atom is 0.335 e. The van der Waals surface area contributed by atoms with Crippen molar-refractivity contribution >= 4 is 52.1 Å². The number of aromatic nitrogens is 1. The van der Waals surface area contributed by atoms with Crippen LogP contribution in [0.3, 0.4) is 0 Å². The summed E-state index contributed by atoms with van der Waals surface area (Å²) in [6.07, 6.45) is 3.42. The molecular weight excluding hydrogens is 466 g/mol. The summed E-state index contributed by atoms with van der Waals surface area (Å²) in [6.45, 7) is 0.625. The number of nitrogens with zero attached hydrogens (tertiary/aromatic N) is 2. The summed E-state index contributed by atoms with van der Waals surface area (Å²) >= 11 is 6.19. The highest BCUT2D eigenvalue weighted by Gasteiger charge is 2.37. The summed E-state index contributed by atoms with van der Waals surface area (Å²) in [5, 5.41) is 3.36. The Balaban J connectivity index is 1.56. The minimum Gasteiger partial charge on any atom is -0.495 e. The molecule has 0 aliphatic carbocycles. The van der Waals surface area contributed by atoms with E-state index in [-0.39, 0.29) is 16.3 Å². The van der Waals surface area contributed by atoms with E-state index in [1.165, 1.54) is 25.3 Å². The number of benzene rings is 3. The number of urea groups is 1. The number of methoxy groups -OCH3 is 1. The molecular formula is C27H20ClN3O4. The molecule has 1 aliphatic heterocycles. The number of hydrogen-bond donors (Lipinski definition) is 1. The fourth-order valence-corrected chi connectivity index (χ4v) is 4.39. The molecule has 1 fully saturated rings. The Morgan fingerprint density at radius 2 is 1.71 bits per heavy atom. The third-order valence-electron chi connectivity index (χ3n) is 5.81. The van der Waals surface area contributed by atoms with Gasteiger partial charge in [-0.15, -0.1) is 0 Å². The summed E-state index contributed by atoms with van der Waals surface area (Å²) in [5.41, 5.74) is 2.84. The highest BCUT2D eigenvalue weighted by atomic mass is 35.5. The molecule has 7 nitrogen and oxygen atoms in total. The molecule has 4 aromatic rings. The number of amides is 4. The number of halogens is 1. The predicted molar refractivity (Wildman–Crippen MR) is 134 cm³/mol. The van der Waals surface area contributed by atoms with E-state index in [4.69, 9.17) is 16.3 Å². The van der Waals surface area contributed by atoms with E-state index in [0.717, 1.165) is 21.4 Å². The highest BCUT2D eigenvalue weighted by molar-refractivity contribution is 6.40. The van der Waals surface area contributed by atoms with Gasteiger partial charge in [-0.2, -0.15) is 0 Å². The van der Waals surface area contributed by atoms with Gasteiger partial charge < -0.3 is 9.30 Å². The Morgan fingerprint density at radius 1 is 0.971 bits per heavy atom. The molecule has 174 valence electrons. The summed E-state index contributed by atoms with van der Waals surface area (Å²) in [5.74, 6) is -1.09. The predicted octanol–water partition coefficient (Wildman–Crippen LogP) is 5.02. The molecule has 1 aliphatic rings. The smallest absolute Gasteiger partial charge is 0.335 e. The van der Waals surface area contributed by atoms with Gasteiger partial charge in [-0.1, -0.05) is 60.1 Å². The molecule has 0 bridgehead atoms. The third kappa shape index (κ3) is 4.18. The van der Waals surface area contributed by atoms with Crippen molar-refractivity contribution in [3.63, 3.8) is 0 Å². The van der Waals surface area contributed by atoms with Gasteiger partial charge in [0.25, 0.3) is 11.8 Å². The van der Waals surface area contributed by atoms with E-state index < -0.39 is 17.8 Å². The molecule has 0 atom stereocenters. The summed E-state index contributed by atoms with van der Waals surface area (Å²) in [4.78, 5) is 39.5. The van der Waals surface area contributed by atoms with Gasteiger partial charge in [0.2, 0.25) is 0 Å². The van der Waals surface area contributed by atoms with Gasteiger partial charge in [-0.05, 0) is 35.9 Å². The van der Waals surface area contributed by atoms with Crippen molar-refractivity contribution in [1.82, 2.24) is 9.88 Å². The number of fused-ring (bicyclic) bond motifs is 1. The van der Waals surface area contributed by atoms with Crippen molar-refractivity contribution in [2.45, 2.75) is 6.54 Å². The van der Waals surface area contributed by atoms with Crippen molar-refractivity contribution in [2.75, 3.05) is 12.0 Å². The molecule has 1 aromatic heterocycles. The lowest BCUT2D eigenvalue weighted by Gasteiger charge is -2.26. The van der Waals surface area contributed by atoms with E-state index >= 15 is 0 Å². The Bertz CT molecular complexity index is 1510. The number of anilines is 1. The average molecular weight is 486 g/mol. The zero-order valence-corrected chi connectivity index (χ0v) is 19.5. The summed E-state index contributed by atoms with van der Waals surface area (Å²) in [7, 11) is 1.47. The topological polar surface area (TPSA) is 80.6 Å². The number of hydrogen-bond acceptors (Lipinski definition) is 4. The molecule has 1 saturated heterocycles. The molecule has 0 unspecified atom stereocenters. The van der Waals surface area contributed by atoms with Gasteiger partial charge in [-0.3, -0.25) is 14.9 Å². The quantitative estimate of drug-likeness (QED) is 0.318. The van der Waals surface area contributed by atoms with Crippen LogP contribution in [0.15, 0.2) is 84.6 Å². The van der Waals surface area contributed by atoms with Crippen molar-refractivity contribution in [2.24, 2.45) is 0 Å². The van der Waals surface area contributed by atoms with Crippen LogP contribution in [-0.2, 0) is 16.1 Å². The zero-order valence-electron chi connectivity index (χ0n) is 18.7. The number of ether oxygens (including phenoxy) is 1. The van der Waals surface area contributed by atoms with Crippen molar-refractivity contribution in [3.8, 4) is 5.75 Å². The van der Waals surface area contributed by atoms with Crippen LogP contribution in [0.25, 0.3) is 17.0 Å². The van der Waals surface area contributed by atoms with Crippen LogP contribution in [0.2, 0.25) is 5.02 Å². The lowest BCUT2D eigenvalue weighted by atomic mass is 10.1. The van der Waals surface area contributed by atoms with E-state index in [1.807, 2.05) is 60.8 Å². The minimum absolute atomic E-state index is 0.154. The Morgan fingerprint density at radius 3 is 2.46 bits per heavy atom. The molecule has 8 heteroatoms. The van der Waals surface area contributed by atoms with Crippen LogP contribution in [0, 0.1) is 0 Å². The molecule has 3 aromatic carbocycles. The standard InChI is InChI=1S/C27H20ClN3O4/c1-35-24-12-11-19(14-22(24)28)31-26(33)21(25(32)29-27(31)34)13-18-16-30(15-17-7-3-2-4-8-17)23-10-6-5-9-20(18)23/h2-14,16H,15H2,1H3,(H,29,32,34). The number of carbonyl (C=O) groups is 3. The first kappa shape index (κ1) is 22.4. The normalized spacial score (nSPS) is 15.1. The summed E-state index contributed by atoms with van der Waals surface area (Å²) < 4.78 is 7.20. The highest BCUT2D eigenvalue weighted by Crippen LogP contribution is 2.32. The second-order valence-electron chi connectivity index (χ2n) is 7.99. The average Bonchev–Trinajstić information content (AvgIpc) is 3.19. The monoisotopic (exact) mass is 485 g/mol. The third-order valence-corrected chi connectivity index (χ3v) is 6.11. The van der Waals surface area contributed by atoms with E-state index in [1.54, 1.807) is 6.07 Å². The van der Waals surface area contributed by atoms with Gasteiger partial charge in [0, 0.05) is 29.2 Å². The Hall–Kier alpha value is -4.36. The molecule has 2 heterocycles. The minimum atomic E-state index is -0.843. The van der Waals surface area contributed by atoms with Gasteiger partial charge in [-0.25, -0.2) is 9.69 Å². The van der Waals surface area contributed by atoms with Crippen molar-refractivity contribution < 1.29 is 19.1 Å². The number of rotatable bonds is 5. The summed E-state index contributed by atoms with van der Waals surface area (Å²) in [6, 6.07) is 21.4. The lowest BCUT2D eigenvalue weighted by molar-refractivity contribution is -0.122. The maximum absolute atomic E-state index is 13.3. The fourth-order valence-electron chi connectivity index (χ4n) is 4.14. The second-order valence-corrected chi connectivity index (χ2v) is 8.40. The number of para-hydroxylation sites is 1. The van der Waals surface area contributed by atoms with Crippen LogP contribution >= 0.6 is 11.6 Å². The van der Waals surface area contributed by atoms with Gasteiger partial charge >= 0.3 is 6.03 Å². The molecule has 4 amide bonds. The number of nitrogens with one attached hydrogen (secondary N) is 1. The first-order valence-electron chi connectivity index (χ1n) is 10.8. The SMILES string of the molecule is COc1ccc(N2C(=O)NC(=O)C(=Cc3cn(Cc4ccccc4)c4ccccc34)C2=O)cc1Cl. The molecule has 0 saturated carbocycles. The largest absolute Gasteiger partial charge is 0.495 e. The first-order chi connectivity index (χ1) is 17.0. The second kappa shape index (κ2) is 9.12. The van der Waals surface area contributed by atoms with Crippen molar-refractivity contribution in [1.29, 1.82) is 0 Å². The van der Waals surface area contributed by atoms with Crippen LogP contribution in [0.1, 0.15) is 11.1 Å². The number of carbonyl (C=O) groups excluding carboxylic acids is 3. The molecule has 5 rings (SSSR count).